The van der Waals surface area contributed by atoms with E-state index in [4.69, 9.17) is 0 Å². The van der Waals surface area contributed by atoms with Crippen molar-refractivity contribution < 1.29 is 14.1 Å². The number of anilines is 1. The molecule has 0 atom stereocenters. The van der Waals surface area contributed by atoms with Gasteiger partial charge in [-0.3, -0.25) is 14.9 Å². The lowest BCUT2D eigenvalue weighted by Gasteiger charge is -2.07. The van der Waals surface area contributed by atoms with Crippen LogP contribution >= 0.6 is 0 Å². The minimum atomic E-state index is -0.597. The Balaban J connectivity index is 2.19. The molecule has 0 aliphatic carbocycles. The third-order valence-corrected chi connectivity index (χ3v) is 2.77. The summed E-state index contributed by atoms with van der Waals surface area (Å²) >= 11 is 0. The number of non-ortho nitro benzene ring substituents is 1. The third-order valence-electron chi connectivity index (χ3n) is 2.77. The summed E-state index contributed by atoms with van der Waals surface area (Å²) in [6.07, 6.45) is 0. The summed E-state index contributed by atoms with van der Waals surface area (Å²) in [5.41, 5.74) is 0.593. The summed E-state index contributed by atoms with van der Waals surface area (Å²) in [6, 6.07) is 9.85. The molecule has 2 rings (SSSR count). The van der Waals surface area contributed by atoms with Crippen molar-refractivity contribution in [3.63, 3.8) is 0 Å². The number of halogens is 1. The SMILES string of the molecule is Cc1cccc(C(=O)Nc2ccc([N+](=O)[O-])cc2)c1F. The molecule has 0 heterocycles. The summed E-state index contributed by atoms with van der Waals surface area (Å²) in [6.45, 7) is 1.57. The molecular formula is C14H11FN2O3. The van der Waals surface area contributed by atoms with Crippen LogP contribution in [0.5, 0.6) is 0 Å². The predicted molar refractivity (Wildman–Crippen MR) is 72.2 cm³/mol. The van der Waals surface area contributed by atoms with Crippen molar-refractivity contribution in [1.29, 1.82) is 0 Å². The summed E-state index contributed by atoms with van der Waals surface area (Å²) in [5.74, 6) is -1.17. The fourth-order valence-electron chi connectivity index (χ4n) is 1.69. The van der Waals surface area contributed by atoms with Gasteiger partial charge >= 0.3 is 0 Å². The van der Waals surface area contributed by atoms with Gasteiger partial charge in [0.15, 0.2) is 0 Å². The lowest BCUT2D eigenvalue weighted by Crippen LogP contribution is -2.14. The van der Waals surface area contributed by atoms with Crippen LogP contribution in [0.4, 0.5) is 15.8 Å². The first kappa shape index (κ1) is 13.7. The van der Waals surface area contributed by atoms with Crippen LogP contribution in [0.2, 0.25) is 0 Å². The number of amides is 1. The quantitative estimate of drug-likeness (QED) is 0.689. The third kappa shape index (κ3) is 2.80. The van der Waals surface area contributed by atoms with E-state index in [-0.39, 0.29) is 11.3 Å². The van der Waals surface area contributed by atoms with Crippen LogP contribution in [-0.4, -0.2) is 10.8 Å². The van der Waals surface area contributed by atoms with E-state index in [1.807, 2.05) is 0 Å². The molecule has 102 valence electrons. The molecule has 0 saturated heterocycles. The van der Waals surface area contributed by atoms with Gasteiger partial charge in [-0.1, -0.05) is 12.1 Å². The zero-order chi connectivity index (χ0) is 14.7. The molecule has 5 nitrogen and oxygen atoms in total. The molecule has 0 aromatic heterocycles. The van der Waals surface area contributed by atoms with E-state index in [1.165, 1.54) is 30.3 Å². The second-order valence-electron chi connectivity index (χ2n) is 4.19. The highest BCUT2D eigenvalue weighted by atomic mass is 19.1. The van der Waals surface area contributed by atoms with E-state index < -0.39 is 16.6 Å². The number of hydrogen-bond acceptors (Lipinski definition) is 3. The fraction of sp³-hybridized carbons (Fsp3) is 0.0714. The van der Waals surface area contributed by atoms with Crippen molar-refractivity contribution in [2.75, 3.05) is 5.32 Å². The molecule has 0 fully saturated rings. The average molecular weight is 274 g/mol. The Morgan fingerprint density at radius 1 is 1.20 bits per heavy atom. The first-order valence-electron chi connectivity index (χ1n) is 5.80. The highest BCUT2D eigenvalue weighted by molar-refractivity contribution is 6.04. The first-order chi connectivity index (χ1) is 9.49. The van der Waals surface area contributed by atoms with Gasteiger partial charge in [-0.2, -0.15) is 0 Å². The van der Waals surface area contributed by atoms with Gasteiger partial charge in [0.2, 0.25) is 0 Å². The van der Waals surface area contributed by atoms with Crippen LogP contribution in [-0.2, 0) is 0 Å². The van der Waals surface area contributed by atoms with Gasteiger partial charge in [0.25, 0.3) is 11.6 Å². The minimum absolute atomic E-state index is 0.0663. The molecule has 0 saturated carbocycles. The molecule has 0 bridgehead atoms. The first-order valence-corrected chi connectivity index (χ1v) is 5.80. The van der Waals surface area contributed by atoms with Crippen molar-refractivity contribution in [2.24, 2.45) is 0 Å². The second-order valence-corrected chi connectivity index (χ2v) is 4.19. The van der Waals surface area contributed by atoms with Gasteiger partial charge in [-0.05, 0) is 30.7 Å². The van der Waals surface area contributed by atoms with E-state index >= 15 is 0 Å². The van der Waals surface area contributed by atoms with Gasteiger partial charge in [0.05, 0.1) is 10.5 Å². The Labute approximate surface area is 114 Å². The van der Waals surface area contributed by atoms with Crippen molar-refractivity contribution in [2.45, 2.75) is 6.92 Å². The van der Waals surface area contributed by atoms with Gasteiger partial charge < -0.3 is 5.32 Å². The Morgan fingerprint density at radius 2 is 1.85 bits per heavy atom. The van der Waals surface area contributed by atoms with E-state index in [1.54, 1.807) is 19.1 Å². The monoisotopic (exact) mass is 274 g/mol. The lowest BCUT2D eigenvalue weighted by molar-refractivity contribution is -0.384. The Morgan fingerprint density at radius 3 is 2.45 bits per heavy atom. The molecule has 2 aromatic rings. The average Bonchev–Trinajstić information content (AvgIpc) is 2.42. The zero-order valence-electron chi connectivity index (χ0n) is 10.6. The molecule has 0 aliphatic heterocycles. The number of aryl methyl sites for hydroxylation is 1. The zero-order valence-corrected chi connectivity index (χ0v) is 10.6. The molecule has 0 aliphatic rings. The van der Waals surface area contributed by atoms with Crippen LogP contribution < -0.4 is 5.32 Å². The van der Waals surface area contributed by atoms with Gasteiger partial charge in [-0.25, -0.2) is 4.39 Å². The highest BCUT2D eigenvalue weighted by Crippen LogP contribution is 2.18. The fourth-order valence-corrected chi connectivity index (χ4v) is 1.69. The summed E-state index contributed by atoms with van der Waals surface area (Å²) < 4.78 is 13.8. The number of hydrogen-bond donors (Lipinski definition) is 1. The van der Waals surface area contributed by atoms with Crippen molar-refractivity contribution in [3.8, 4) is 0 Å². The smallest absolute Gasteiger partial charge is 0.269 e. The van der Waals surface area contributed by atoms with Crippen molar-refractivity contribution in [1.82, 2.24) is 0 Å². The van der Waals surface area contributed by atoms with Gasteiger partial charge in [0, 0.05) is 17.8 Å². The van der Waals surface area contributed by atoms with E-state index in [9.17, 15) is 19.3 Å². The van der Waals surface area contributed by atoms with E-state index in [0.717, 1.165) is 0 Å². The number of nitro benzene ring substituents is 1. The molecule has 0 unspecified atom stereocenters. The topological polar surface area (TPSA) is 72.2 Å². The summed E-state index contributed by atoms with van der Waals surface area (Å²) in [5, 5.41) is 13.0. The number of rotatable bonds is 3. The minimum Gasteiger partial charge on any atom is -0.322 e. The maximum absolute atomic E-state index is 13.8. The number of nitrogens with one attached hydrogen (secondary N) is 1. The Hall–Kier alpha value is -2.76. The van der Waals surface area contributed by atoms with Crippen LogP contribution in [0, 0.1) is 22.9 Å². The summed E-state index contributed by atoms with van der Waals surface area (Å²) in [4.78, 5) is 21.9. The van der Waals surface area contributed by atoms with Gasteiger partial charge in [0.1, 0.15) is 5.82 Å². The van der Waals surface area contributed by atoms with Crippen molar-refractivity contribution >= 4 is 17.3 Å². The number of benzene rings is 2. The maximum Gasteiger partial charge on any atom is 0.269 e. The molecule has 1 N–H and O–H groups in total. The maximum atomic E-state index is 13.8. The molecule has 0 radical (unpaired) electrons. The molecule has 20 heavy (non-hydrogen) atoms. The van der Waals surface area contributed by atoms with Crippen LogP contribution in [0.3, 0.4) is 0 Å². The molecule has 1 amide bonds. The van der Waals surface area contributed by atoms with Crippen LogP contribution in [0.1, 0.15) is 15.9 Å². The van der Waals surface area contributed by atoms with Gasteiger partial charge in [-0.15, -0.1) is 0 Å². The van der Waals surface area contributed by atoms with Crippen molar-refractivity contribution in [3.05, 3.63) is 69.5 Å². The Kier molecular flexibility index (Phi) is 3.74. The normalized spacial score (nSPS) is 10.1. The molecule has 2 aromatic carbocycles. The second kappa shape index (κ2) is 5.48. The van der Waals surface area contributed by atoms with Crippen LogP contribution in [0.15, 0.2) is 42.5 Å². The number of nitrogens with zero attached hydrogens (tertiary/aromatic N) is 1. The summed E-state index contributed by atoms with van der Waals surface area (Å²) in [7, 11) is 0. The lowest BCUT2D eigenvalue weighted by atomic mass is 10.1. The number of nitro groups is 1. The largest absolute Gasteiger partial charge is 0.322 e. The van der Waals surface area contributed by atoms with E-state index in [2.05, 4.69) is 5.32 Å². The molecule has 0 spiro atoms. The molecular weight excluding hydrogens is 263 g/mol. The number of carbonyl (C=O) groups excluding carboxylic acids is 1. The predicted octanol–water partition coefficient (Wildman–Crippen LogP) is 3.29. The molecule has 6 heteroatoms. The highest BCUT2D eigenvalue weighted by Gasteiger charge is 2.13. The standard InChI is InChI=1S/C14H11FN2O3/c1-9-3-2-4-12(13(9)15)14(18)16-10-5-7-11(8-6-10)17(19)20/h2-8H,1H3,(H,16,18). The number of carbonyl (C=O) groups is 1. The Bertz CT molecular complexity index is 669. The van der Waals surface area contributed by atoms with E-state index in [0.29, 0.717) is 11.3 Å². The van der Waals surface area contributed by atoms with Crippen LogP contribution in [0.25, 0.3) is 0 Å².